The minimum absolute atomic E-state index is 0.134. The summed E-state index contributed by atoms with van der Waals surface area (Å²) < 4.78 is 2.55. The Balaban J connectivity index is 1.74. The van der Waals surface area contributed by atoms with Gasteiger partial charge in [-0.3, -0.25) is 9.59 Å². The van der Waals surface area contributed by atoms with Crippen molar-refractivity contribution in [1.29, 1.82) is 0 Å². The number of benzene rings is 1. The second-order valence-electron chi connectivity index (χ2n) is 5.26. The Morgan fingerprint density at radius 3 is 2.67 bits per heavy atom. The number of rotatable bonds is 5. The molecule has 1 amide bonds. The van der Waals surface area contributed by atoms with Crippen LogP contribution >= 0.6 is 0 Å². The first-order chi connectivity index (χ1) is 11.6. The predicted molar refractivity (Wildman–Crippen MR) is 86.3 cm³/mol. The van der Waals surface area contributed by atoms with Crippen LogP contribution in [0, 0.1) is 0 Å². The lowest BCUT2D eigenvalue weighted by Gasteiger charge is -2.17. The molecule has 0 atom stereocenters. The normalized spacial score (nSPS) is 10.5. The zero-order valence-electron chi connectivity index (χ0n) is 13.1. The zero-order valence-corrected chi connectivity index (χ0v) is 13.1. The van der Waals surface area contributed by atoms with Crippen molar-refractivity contribution in [3.05, 3.63) is 71.0 Å². The van der Waals surface area contributed by atoms with E-state index in [2.05, 4.69) is 15.2 Å². The number of amides is 1. The molecule has 0 saturated carbocycles. The van der Waals surface area contributed by atoms with Crippen molar-refractivity contribution in [2.45, 2.75) is 13.1 Å². The van der Waals surface area contributed by atoms with E-state index in [1.54, 1.807) is 11.9 Å². The summed E-state index contributed by atoms with van der Waals surface area (Å²) in [5.74, 6) is 0.217. The molecule has 8 nitrogen and oxygen atoms in total. The summed E-state index contributed by atoms with van der Waals surface area (Å²) in [4.78, 5) is 29.7. The predicted octanol–water partition coefficient (Wildman–Crippen LogP) is 0.483. The molecule has 0 fully saturated rings. The third kappa shape index (κ3) is 3.54. The van der Waals surface area contributed by atoms with Gasteiger partial charge in [0.15, 0.2) is 5.82 Å². The zero-order chi connectivity index (χ0) is 16.9. The topological polar surface area (TPSA) is 85.9 Å². The van der Waals surface area contributed by atoms with Gasteiger partial charge in [0.05, 0.1) is 0 Å². The molecule has 0 unspecified atom stereocenters. The molecule has 0 saturated heterocycles. The van der Waals surface area contributed by atoms with Gasteiger partial charge in [-0.25, -0.2) is 14.3 Å². The maximum Gasteiger partial charge on any atom is 0.267 e. The monoisotopic (exact) mass is 324 g/mol. The van der Waals surface area contributed by atoms with Gasteiger partial charge in [-0.2, -0.15) is 5.10 Å². The molecule has 0 spiro atoms. The largest absolute Gasteiger partial charge is 0.340 e. The van der Waals surface area contributed by atoms with Crippen LogP contribution in [0.2, 0.25) is 0 Å². The molecule has 0 bridgehead atoms. The van der Waals surface area contributed by atoms with E-state index in [0.29, 0.717) is 12.4 Å². The summed E-state index contributed by atoms with van der Waals surface area (Å²) in [5, 5.41) is 8.12. The van der Waals surface area contributed by atoms with E-state index in [9.17, 15) is 9.59 Å². The van der Waals surface area contributed by atoms with Crippen LogP contribution in [0.3, 0.4) is 0 Å². The molecular formula is C16H16N6O2. The van der Waals surface area contributed by atoms with E-state index < -0.39 is 0 Å². The van der Waals surface area contributed by atoms with E-state index in [0.717, 1.165) is 10.2 Å². The molecule has 2 heterocycles. The average molecular weight is 324 g/mol. The highest BCUT2D eigenvalue weighted by atomic mass is 16.2. The van der Waals surface area contributed by atoms with Crippen LogP contribution < -0.4 is 5.56 Å². The van der Waals surface area contributed by atoms with E-state index in [4.69, 9.17) is 0 Å². The van der Waals surface area contributed by atoms with Gasteiger partial charge in [0.2, 0.25) is 5.91 Å². The Bertz CT molecular complexity index is 873. The minimum Gasteiger partial charge on any atom is -0.340 e. The van der Waals surface area contributed by atoms with Crippen molar-refractivity contribution < 1.29 is 4.79 Å². The molecule has 3 rings (SSSR count). The van der Waals surface area contributed by atoms with Crippen LogP contribution in [-0.4, -0.2) is 42.4 Å². The van der Waals surface area contributed by atoms with Crippen LogP contribution in [0.4, 0.5) is 0 Å². The first-order valence-electron chi connectivity index (χ1n) is 7.34. The fourth-order valence-electron chi connectivity index (χ4n) is 2.19. The minimum atomic E-state index is -0.347. The first kappa shape index (κ1) is 15.6. The fourth-order valence-corrected chi connectivity index (χ4v) is 2.19. The highest BCUT2D eigenvalue weighted by Gasteiger charge is 2.12. The van der Waals surface area contributed by atoms with Crippen LogP contribution in [0.5, 0.6) is 0 Å². The SMILES string of the molecule is CN(Cc1ccccc1)C(=O)Cn1nc(-n2cncn2)ccc1=O. The van der Waals surface area contributed by atoms with Gasteiger partial charge >= 0.3 is 0 Å². The summed E-state index contributed by atoms with van der Waals surface area (Å²) >= 11 is 0. The maximum absolute atomic E-state index is 12.4. The second-order valence-corrected chi connectivity index (χ2v) is 5.26. The second kappa shape index (κ2) is 6.86. The number of likely N-dealkylation sites (N-methyl/N-ethyl adjacent to an activating group) is 1. The molecule has 0 aliphatic heterocycles. The van der Waals surface area contributed by atoms with Crippen molar-refractivity contribution in [2.24, 2.45) is 0 Å². The van der Waals surface area contributed by atoms with Crippen LogP contribution in [-0.2, 0) is 17.9 Å². The van der Waals surface area contributed by atoms with Gasteiger partial charge in [0.1, 0.15) is 19.2 Å². The van der Waals surface area contributed by atoms with E-state index in [-0.39, 0.29) is 18.0 Å². The lowest BCUT2D eigenvalue weighted by Crippen LogP contribution is -2.35. The molecule has 8 heteroatoms. The number of nitrogens with zero attached hydrogens (tertiary/aromatic N) is 6. The molecule has 2 aromatic heterocycles. The van der Waals surface area contributed by atoms with Gasteiger partial charge in [0, 0.05) is 19.7 Å². The van der Waals surface area contributed by atoms with Crippen molar-refractivity contribution in [2.75, 3.05) is 7.05 Å². The summed E-state index contributed by atoms with van der Waals surface area (Å²) in [6.07, 6.45) is 2.84. The Kier molecular flexibility index (Phi) is 4.46. The lowest BCUT2D eigenvalue weighted by atomic mass is 10.2. The number of aromatic nitrogens is 5. The quantitative estimate of drug-likeness (QED) is 0.681. The van der Waals surface area contributed by atoms with Gasteiger partial charge in [0.25, 0.3) is 5.56 Å². The molecule has 0 N–H and O–H groups in total. The molecule has 24 heavy (non-hydrogen) atoms. The molecule has 0 aliphatic carbocycles. The Morgan fingerprint density at radius 1 is 1.17 bits per heavy atom. The average Bonchev–Trinajstić information content (AvgIpc) is 3.12. The number of hydrogen-bond acceptors (Lipinski definition) is 5. The summed E-state index contributed by atoms with van der Waals surface area (Å²) in [6, 6.07) is 12.5. The molecule has 1 aromatic carbocycles. The molecule has 0 radical (unpaired) electrons. The number of carbonyl (C=O) groups excluding carboxylic acids is 1. The van der Waals surface area contributed by atoms with Crippen molar-refractivity contribution in [3.63, 3.8) is 0 Å². The summed E-state index contributed by atoms with van der Waals surface area (Å²) in [6.45, 7) is 0.335. The fraction of sp³-hybridized carbons (Fsp3) is 0.188. The summed E-state index contributed by atoms with van der Waals surface area (Å²) in [5.41, 5.74) is 0.672. The van der Waals surface area contributed by atoms with Gasteiger partial charge in [-0.1, -0.05) is 30.3 Å². The standard InChI is InChI=1S/C16H16N6O2/c1-20(9-13-5-3-2-4-6-13)16(24)10-21-15(23)8-7-14(19-21)22-12-17-11-18-22/h2-8,11-12H,9-10H2,1H3. The Morgan fingerprint density at radius 2 is 1.96 bits per heavy atom. The highest BCUT2D eigenvalue weighted by molar-refractivity contribution is 5.75. The highest BCUT2D eigenvalue weighted by Crippen LogP contribution is 2.03. The third-order valence-corrected chi connectivity index (χ3v) is 3.48. The summed E-state index contributed by atoms with van der Waals surface area (Å²) in [7, 11) is 1.70. The van der Waals surface area contributed by atoms with Crippen LogP contribution in [0.1, 0.15) is 5.56 Å². The van der Waals surface area contributed by atoms with Crippen LogP contribution in [0.25, 0.3) is 5.82 Å². The molecule has 3 aromatic rings. The van der Waals surface area contributed by atoms with Gasteiger partial charge in [-0.15, -0.1) is 5.10 Å². The lowest BCUT2D eigenvalue weighted by molar-refractivity contribution is -0.131. The van der Waals surface area contributed by atoms with Crippen LogP contribution in [0.15, 0.2) is 59.9 Å². The van der Waals surface area contributed by atoms with E-state index in [1.807, 2.05) is 30.3 Å². The van der Waals surface area contributed by atoms with Crippen molar-refractivity contribution in [1.82, 2.24) is 29.4 Å². The number of hydrogen-bond donors (Lipinski definition) is 0. The van der Waals surface area contributed by atoms with Gasteiger partial charge in [-0.05, 0) is 11.6 Å². The molecule has 0 aliphatic rings. The Labute approximate surface area is 138 Å². The third-order valence-electron chi connectivity index (χ3n) is 3.48. The van der Waals surface area contributed by atoms with Crippen molar-refractivity contribution >= 4 is 5.91 Å². The van der Waals surface area contributed by atoms with E-state index >= 15 is 0 Å². The Hall–Kier alpha value is -3.29. The molecular weight excluding hydrogens is 308 g/mol. The van der Waals surface area contributed by atoms with Gasteiger partial charge < -0.3 is 4.90 Å². The van der Waals surface area contributed by atoms with Crippen molar-refractivity contribution in [3.8, 4) is 5.82 Å². The maximum atomic E-state index is 12.4. The number of carbonyl (C=O) groups is 1. The first-order valence-corrected chi connectivity index (χ1v) is 7.34. The smallest absolute Gasteiger partial charge is 0.267 e. The van der Waals surface area contributed by atoms with E-state index in [1.165, 1.54) is 29.5 Å². The molecule has 122 valence electrons.